The van der Waals surface area contributed by atoms with Crippen molar-refractivity contribution in [3.63, 3.8) is 0 Å². The third-order valence-electron chi connectivity index (χ3n) is 2.87. The summed E-state index contributed by atoms with van der Waals surface area (Å²) in [6, 6.07) is 7.14. The van der Waals surface area contributed by atoms with E-state index in [2.05, 4.69) is 5.43 Å². The van der Waals surface area contributed by atoms with Crippen LogP contribution in [-0.2, 0) is 11.3 Å². The third-order valence-corrected chi connectivity index (χ3v) is 2.87. The normalized spacial score (nSPS) is 15.1. The van der Waals surface area contributed by atoms with Gasteiger partial charge in [-0.2, -0.15) is 0 Å². The molecule has 5 nitrogen and oxygen atoms in total. The summed E-state index contributed by atoms with van der Waals surface area (Å²) in [7, 11) is 0. The molecule has 1 aromatic rings. The van der Waals surface area contributed by atoms with Gasteiger partial charge in [0.25, 0.3) is 5.91 Å². The quantitative estimate of drug-likeness (QED) is 0.451. The number of nitrogens with two attached hydrogens (primary N) is 1. The van der Waals surface area contributed by atoms with Crippen LogP contribution in [0.25, 0.3) is 0 Å². The Morgan fingerprint density at radius 3 is 2.94 bits per heavy atom. The maximum Gasteiger partial charge on any atom is 0.265 e. The van der Waals surface area contributed by atoms with Gasteiger partial charge in [0, 0.05) is 25.1 Å². The topological polar surface area (TPSA) is 75.4 Å². The molecular weight excluding hydrogens is 218 g/mol. The molecule has 17 heavy (non-hydrogen) atoms. The average molecular weight is 233 g/mol. The molecule has 1 heterocycles. The van der Waals surface area contributed by atoms with Crippen molar-refractivity contribution in [1.29, 1.82) is 0 Å². The molecule has 1 aromatic carbocycles. The molecule has 0 unspecified atom stereocenters. The smallest absolute Gasteiger partial charge is 0.265 e. The Morgan fingerprint density at radius 2 is 2.29 bits per heavy atom. The summed E-state index contributed by atoms with van der Waals surface area (Å²) in [5.41, 5.74) is 3.55. The zero-order valence-electron chi connectivity index (χ0n) is 9.48. The van der Waals surface area contributed by atoms with E-state index in [1.165, 1.54) is 0 Å². The number of nitrogens with one attached hydrogen (secondary N) is 1. The number of nitrogens with zero attached hydrogens (tertiary/aromatic N) is 1. The Bertz CT molecular complexity index is 445. The Kier molecular flexibility index (Phi) is 3.39. The minimum Gasteiger partial charge on any atom is -0.338 e. The van der Waals surface area contributed by atoms with Crippen molar-refractivity contribution >= 4 is 11.8 Å². The van der Waals surface area contributed by atoms with Gasteiger partial charge in [-0.1, -0.05) is 12.1 Å². The largest absolute Gasteiger partial charge is 0.338 e. The van der Waals surface area contributed by atoms with Crippen molar-refractivity contribution in [2.75, 3.05) is 6.54 Å². The van der Waals surface area contributed by atoms with Gasteiger partial charge >= 0.3 is 0 Å². The monoisotopic (exact) mass is 233 g/mol. The maximum atomic E-state index is 11.5. The Hall–Kier alpha value is -1.88. The summed E-state index contributed by atoms with van der Waals surface area (Å²) in [6.45, 7) is 1.36. The Balaban J connectivity index is 2.11. The lowest BCUT2D eigenvalue weighted by atomic mass is 10.1. The minimum atomic E-state index is -0.320. The molecule has 0 bridgehead atoms. The molecule has 0 radical (unpaired) electrons. The molecule has 0 aliphatic carbocycles. The van der Waals surface area contributed by atoms with E-state index in [9.17, 15) is 9.59 Å². The Labute approximate surface area is 99.6 Å². The van der Waals surface area contributed by atoms with E-state index in [0.29, 0.717) is 18.5 Å². The van der Waals surface area contributed by atoms with Gasteiger partial charge in [0.1, 0.15) is 0 Å². The molecule has 2 amide bonds. The first-order valence-corrected chi connectivity index (χ1v) is 5.58. The van der Waals surface area contributed by atoms with Crippen LogP contribution in [0, 0.1) is 0 Å². The number of hydrogen-bond acceptors (Lipinski definition) is 3. The number of carbonyl (C=O) groups is 2. The SMILES string of the molecule is NNC(=O)c1cccc(CN2CCCC2=O)c1. The molecule has 0 atom stereocenters. The lowest BCUT2D eigenvalue weighted by molar-refractivity contribution is -0.128. The van der Waals surface area contributed by atoms with Crippen LogP contribution in [-0.4, -0.2) is 23.3 Å². The number of rotatable bonds is 3. The molecule has 1 aliphatic rings. The van der Waals surface area contributed by atoms with E-state index in [4.69, 9.17) is 5.84 Å². The summed E-state index contributed by atoms with van der Waals surface area (Å²) in [4.78, 5) is 24.6. The van der Waals surface area contributed by atoms with Crippen molar-refractivity contribution in [3.8, 4) is 0 Å². The van der Waals surface area contributed by atoms with E-state index < -0.39 is 0 Å². The number of benzene rings is 1. The van der Waals surface area contributed by atoms with Crippen molar-refractivity contribution in [2.24, 2.45) is 5.84 Å². The molecule has 3 N–H and O–H groups in total. The highest BCUT2D eigenvalue weighted by Crippen LogP contribution is 2.15. The number of hydrogen-bond donors (Lipinski definition) is 2. The molecule has 5 heteroatoms. The summed E-state index contributed by atoms with van der Waals surface area (Å²) in [5.74, 6) is 4.94. The molecular formula is C12H15N3O2. The zero-order chi connectivity index (χ0) is 12.3. The fourth-order valence-electron chi connectivity index (χ4n) is 1.99. The lowest BCUT2D eigenvalue weighted by Gasteiger charge is -2.15. The number of hydrazine groups is 1. The summed E-state index contributed by atoms with van der Waals surface area (Å²) < 4.78 is 0. The second kappa shape index (κ2) is 4.97. The van der Waals surface area contributed by atoms with Crippen molar-refractivity contribution in [1.82, 2.24) is 10.3 Å². The number of nitrogen functional groups attached to an aromatic ring is 1. The number of carbonyl (C=O) groups excluding carboxylic acids is 2. The first-order chi connectivity index (χ1) is 8.20. The van der Waals surface area contributed by atoms with E-state index in [1.54, 1.807) is 23.1 Å². The first kappa shape index (κ1) is 11.6. The average Bonchev–Trinajstić information content (AvgIpc) is 2.74. The molecule has 2 rings (SSSR count). The zero-order valence-corrected chi connectivity index (χ0v) is 9.48. The van der Waals surface area contributed by atoms with E-state index in [0.717, 1.165) is 18.5 Å². The van der Waals surface area contributed by atoms with Crippen LogP contribution in [0.3, 0.4) is 0 Å². The maximum absolute atomic E-state index is 11.5. The lowest BCUT2D eigenvalue weighted by Crippen LogP contribution is -2.30. The highest BCUT2D eigenvalue weighted by molar-refractivity contribution is 5.93. The predicted octanol–water partition coefficient (Wildman–Crippen LogP) is 0.412. The van der Waals surface area contributed by atoms with Crippen LogP contribution in [0.4, 0.5) is 0 Å². The van der Waals surface area contributed by atoms with Gasteiger partial charge in [-0.25, -0.2) is 5.84 Å². The van der Waals surface area contributed by atoms with Gasteiger partial charge in [-0.05, 0) is 24.1 Å². The fourth-order valence-corrected chi connectivity index (χ4v) is 1.99. The minimum absolute atomic E-state index is 0.179. The van der Waals surface area contributed by atoms with E-state index in [1.807, 2.05) is 6.07 Å². The second-order valence-corrected chi connectivity index (χ2v) is 4.09. The van der Waals surface area contributed by atoms with Crippen molar-refractivity contribution < 1.29 is 9.59 Å². The summed E-state index contributed by atoms with van der Waals surface area (Å²) in [6.07, 6.45) is 1.55. The van der Waals surface area contributed by atoms with Gasteiger partial charge in [0.05, 0.1) is 0 Å². The molecule has 0 aromatic heterocycles. The molecule has 0 saturated carbocycles. The van der Waals surface area contributed by atoms with Crippen LogP contribution < -0.4 is 11.3 Å². The predicted molar refractivity (Wildman–Crippen MR) is 62.7 cm³/mol. The molecule has 1 fully saturated rings. The fraction of sp³-hybridized carbons (Fsp3) is 0.333. The van der Waals surface area contributed by atoms with Crippen molar-refractivity contribution in [2.45, 2.75) is 19.4 Å². The van der Waals surface area contributed by atoms with Crippen LogP contribution in [0.5, 0.6) is 0 Å². The number of likely N-dealkylation sites (tertiary alicyclic amines) is 1. The Morgan fingerprint density at radius 1 is 1.47 bits per heavy atom. The highest BCUT2D eigenvalue weighted by atomic mass is 16.2. The summed E-state index contributed by atoms with van der Waals surface area (Å²) in [5, 5.41) is 0. The van der Waals surface area contributed by atoms with Crippen LogP contribution in [0.15, 0.2) is 24.3 Å². The van der Waals surface area contributed by atoms with Gasteiger partial charge < -0.3 is 4.90 Å². The van der Waals surface area contributed by atoms with Gasteiger partial charge in [-0.15, -0.1) is 0 Å². The van der Waals surface area contributed by atoms with Crippen LogP contribution in [0.1, 0.15) is 28.8 Å². The van der Waals surface area contributed by atoms with Crippen LogP contribution in [0.2, 0.25) is 0 Å². The van der Waals surface area contributed by atoms with Gasteiger partial charge in [0.15, 0.2) is 0 Å². The molecule has 0 spiro atoms. The molecule has 1 aliphatic heterocycles. The molecule has 1 saturated heterocycles. The van der Waals surface area contributed by atoms with E-state index >= 15 is 0 Å². The van der Waals surface area contributed by atoms with E-state index in [-0.39, 0.29) is 11.8 Å². The van der Waals surface area contributed by atoms with Gasteiger partial charge in [0.2, 0.25) is 5.91 Å². The highest BCUT2D eigenvalue weighted by Gasteiger charge is 2.20. The van der Waals surface area contributed by atoms with Gasteiger partial charge in [-0.3, -0.25) is 15.0 Å². The number of amides is 2. The van der Waals surface area contributed by atoms with Crippen LogP contribution >= 0.6 is 0 Å². The third kappa shape index (κ3) is 2.62. The first-order valence-electron chi connectivity index (χ1n) is 5.58. The second-order valence-electron chi connectivity index (χ2n) is 4.09. The standard InChI is InChI=1S/C12H15N3O2/c13-14-12(17)10-4-1-3-9(7-10)8-15-6-2-5-11(15)16/h1,3-4,7H,2,5-6,8,13H2,(H,14,17). The molecule has 90 valence electrons. The summed E-state index contributed by atoms with van der Waals surface area (Å²) >= 11 is 0. The van der Waals surface area contributed by atoms with Crippen molar-refractivity contribution in [3.05, 3.63) is 35.4 Å².